The molecule has 136 valence electrons. The quantitative estimate of drug-likeness (QED) is 0.686. The van der Waals surface area contributed by atoms with Crippen molar-refractivity contribution in [3.8, 4) is 0 Å². The predicted molar refractivity (Wildman–Crippen MR) is 95.7 cm³/mol. The number of nitrogens with zero attached hydrogens (tertiary/aromatic N) is 1. The molecule has 0 radical (unpaired) electrons. The maximum absolute atomic E-state index is 12.2. The van der Waals surface area contributed by atoms with E-state index in [-0.39, 0.29) is 24.3 Å². The Morgan fingerprint density at radius 1 is 1.16 bits per heavy atom. The van der Waals surface area contributed by atoms with Crippen molar-refractivity contribution >= 4 is 23.4 Å². The number of hydrazine groups is 1. The summed E-state index contributed by atoms with van der Waals surface area (Å²) in [6, 6.07) is 7.34. The summed E-state index contributed by atoms with van der Waals surface area (Å²) in [5, 5.41) is 2.58. The van der Waals surface area contributed by atoms with Gasteiger partial charge in [-0.25, -0.2) is 0 Å². The van der Waals surface area contributed by atoms with Crippen molar-refractivity contribution in [3.63, 3.8) is 0 Å². The zero-order valence-electron chi connectivity index (χ0n) is 15.0. The molecule has 1 atom stereocenters. The third-order valence-electron chi connectivity index (χ3n) is 4.17. The maximum Gasteiger partial charge on any atom is 0.261 e. The summed E-state index contributed by atoms with van der Waals surface area (Å²) < 4.78 is 0. The van der Waals surface area contributed by atoms with E-state index in [1.54, 1.807) is 0 Å². The minimum Gasteiger partial charge on any atom is -0.362 e. The van der Waals surface area contributed by atoms with Crippen molar-refractivity contribution in [3.05, 3.63) is 29.8 Å². The van der Waals surface area contributed by atoms with Crippen LogP contribution in [0.15, 0.2) is 24.3 Å². The van der Waals surface area contributed by atoms with E-state index < -0.39 is 11.9 Å². The molecule has 0 aliphatic carbocycles. The van der Waals surface area contributed by atoms with Crippen LogP contribution in [0, 0.1) is 5.92 Å². The Hall–Kier alpha value is -2.57. The number of anilines is 1. The number of aryl methyl sites for hydroxylation is 1. The largest absolute Gasteiger partial charge is 0.362 e. The summed E-state index contributed by atoms with van der Waals surface area (Å²) in [4.78, 5) is 37.6. The standard InChI is InChI=1S/C18H26N4O3/c1-12(2)17(19-13(3)23)18(25)21-20-16(24)11-22-10-6-8-14-7-4-5-9-15(14)22/h4-5,7,9,12,17H,6,8,10-11H2,1-3H3,(H,19,23)(H,20,24)(H,21,25)/t17-/m1/s1. The Bertz CT molecular complexity index is 645. The Morgan fingerprint density at radius 2 is 1.88 bits per heavy atom. The highest BCUT2D eigenvalue weighted by atomic mass is 16.2. The van der Waals surface area contributed by atoms with Gasteiger partial charge in [0.15, 0.2) is 0 Å². The lowest BCUT2D eigenvalue weighted by Gasteiger charge is -2.30. The first-order chi connectivity index (χ1) is 11.9. The van der Waals surface area contributed by atoms with Crippen molar-refractivity contribution in [1.29, 1.82) is 0 Å². The van der Waals surface area contributed by atoms with Gasteiger partial charge in [0.1, 0.15) is 6.04 Å². The summed E-state index contributed by atoms with van der Waals surface area (Å²) in [5.74, 6) is -1.10. The third kappa shape index (κ3) is 5.20. The van der Waals surface area contributed by atoms with Crippen LogP contribution >= 0.6 is 0 Å². The molecule has 0 bridgehead atoms. The summed E-state index contributed by atoms with van der Waals surface area (Å²) >= 11 is 0. The molecular weight excluding hydrogens is 320 g/mol. The monoisotopic (exact) mass is 346 g/mol. The highest BCUT2D eigenvalue weighted by molar-refractivity contribution is 5.89. The maximum atomic E-state index is 12.2. The topological polar surface area (TPSA) is 90.5 Å². The Labute approximate surface area is 148 Å². The molecule has 0 spiro atoms. The molecule has 1 heterocycles. The number of hydrogen-bond donors (Lipinski definition) is 3. The third-order valence-corrected chi connectivity index (χ3v) is 4.17. The zero-order valence-corrected chi connectivity index (χ0v) is 15.0. The van der Waals surface area contributed by atoms with Crippen LogP contribution in [-0.2, 0) is 20.8 Å². The summed E-state index contributed by atoms with van der Waals surface area (Å²) in [7, 11) is 0. The van der Waals surface area contributed by atoms with E-state index in [1.165, 1.54) is 12.5 Å². The Morgan fingerprint density at radius 3 is 2.56 bits per heavy atom. The highest BCUT2D eigenvalue weighted by Crippen LogP contribution is 2.26. The van der Waals surface area contributed by atoms with Crippen molar-refractivity contribution in [2.45, 2.75) is 39.7 Å². The van der Waals surface area contributed by atoms with Crippen LogP contribution in [-0.4, -0.2) is 36.9 Å². The molecule has 1 aliphatic heterocycles. The molecule has 7 nitrogen and oxygen atoms in total. The van der Waals surface area contributed by atoms with Gasteiger partial charge in [-0.2, -0.15) is 0 Å². The molecule has 0 unspecified atom stereocenters. The predicted octanol–water partition coefficient (Wildman–Crippen LogP) is 0.747. The number of rotatable bonds is 5. The van der Waals surface area contributed by atoms with Crippen molar-refractivity contribution < 1.29 is 14.4 Å². The fourth-order valence-corrected chi connectivity index (χ4v) is 2.95. The lowest BCUT2D eigenvalue weighted by molar-refractivity contribution is -0.132. The first kappa shape index (κ1) is 18.8. The van der Waals surface area contributed by atoms with E-state index in [0.717, 1.165) is 25.1 Å². The average Bonchev–Trinajstić information content (AvgIpc) is 2.57. The van der Waals surface area contributed by atoms with Gasteiger partial charge in [-0.15, -0.1) is 0 Å². The summed E-state index contributed by atoms with van der Waals surface area (Å²) in [6.45, 7) is 5.98. The first-order valence-corrected chi connectivity index (χ1v) is 8.57. The van der Waals surface area contributed by atoms with Gasteiger partial charge in [0.05, 0.1) is 6.54 Å². The van der Waals surface area contributed by atoms with E-state index in [9.17, 15) is 14.4 Å². The van der Waals surface area contributed by atoms with Crippen molar-refractivity contribution in [2.75, 3.05) is 18.0 Å². The number of fused-ring (bicyclic) bond motifs is 1. The molecule has 3 amide bonds. The van der Waals surface area contributed by atoms with Crippen LogP contribution in [0.2, 0.25) is 0 Å². The first-order valence-electron chi connectivity index (χ1n) is 8.57. The van der Waals surface area contributed by atoms with Gasteiger partial charge in [-0.1, -0.05) is 32.0 Å². The SMILES string of the molecule is CC(=O)N[C@@H](C(=O)NNC(=O)CN1CCCc2ccccc21)C(C)C. The number of carbonyl (C=O) groups excluding carboxylic acids is 3. The van der Waals surface area contributed by atoms with E-state index in [0.29, 0.717) is 0 Å². The van der Waals surface area contributed by atoms with E-state index >= 15 is 0 Å². The van der Waals surface area contributed by atoms with Gasteiger partial charge in [-0.05, 0) is 30.4 Å². The molecule has 3 N–H and O–H groups in total. The number of carbonyl (C=O) groups is 3. The van der Waals surface area contributed by atoms with E-state index in [2.05, 4.69) is 22.2 Å². The molecular formula is C18H26N4O3. The molecule has 1 aromatic carbocycles. The lowest BCUT2D eigenvalue weighted by atomic mass is 10.0. The van der Waals surface area contributed by atoms with Crippen molar-refractivity contribution in [2.24, 2.45) is 5.92 Å². The van der Waals surface area contributed by atoms with Crippen LogP contribution in [0.1, 0.15) is 32.8 Å². The number of para-hydroxylation sites is 1. The molecule has 7 heteroatoms. The van der Waals surface area contributed by atoms with Crippen LogP contribution < -0.4 is 21.1 Å². The fourth-order valence-electron chi connectivity index (χ4n) is 2.95. The normalized spacial score (nSPS) is 14.5. The van der Waals surface area contributed by atoms with Gasteiger partial charge in [0.2, 0.25) is 5.91 Å². The highest BCUT2D eigenvalue weighted by Gasteiger charge is 2.24. The van der Waals surface area contributed by atoms with Gasteiger partial charge < -0.3 is 10.2 Å². The zero-order chi connectivity index (χ0) is 18.4. The molecule has 0 saturated heterocycles. The second-order valence-corrected chi connectivity index (χ2v) is 6.61. The van der Waals surface area contributed by atoms with Gasteiger partial charge >= 0.3 is 0 Å². The van der Waals surface area contributed by atoms with Crippen molar-refractivity contribution in [1.82, 2.24) is 16.2 Å². The minimum atomic E-state index is -0.687. The van der Waals surface area contributed by atoms with Gasteiger partial charge in [0, 0.05) is 19.2 Å². The molecule has 0 aromatic heterocycles. The summed E-state index contributed by atoms with van der Waals surface area (Å²) in [5.41, 5.74) is 7.14. The molecule has 25 heavy (non-hydrogen) atoms. The van der Waals surface area contributed by atoms with Crippen LogP contribution in [0.25, 0.3) is 0 Å². The smallest absolute Gasteiger partial charge is 0.261 e. The number of benzene rings is 1. The van der Waals surface area contributed by atoms with E-state index in [1.807, 2.05) is 36.9 Å². The number of hydrogen-bond acceptors (Lipinski definition) is 4. The molecule has 1 aromatic rings. The molecule has 1 aliphatic rings. The Kier molecular flexibility index (Phi) is 6.38. The number of amides is 3. The Balaban J connectivity index is 1.89. The summed E-state index contributed by atoms with van der Waals surface area (Å²) in [6.07, 6.45) is 2.01. The minimum absolute atomic E-state index is 0.0882. The molecule has 0 saturated carbocycles. The van der Waals surface area contributed by atoms with Crippen LogP contribution in [0.4, 0.5) is 5.69 Å². The average molecular weight is 346 g/mol. The second kappa shape index (κ2) is 8.50. The van der Waals surface area contributed by atoms with Gasteiger partial charge in [0.25, 0.3) is 11.8 Å². The molecule has 0 fully saturated rings. The second-order valence-electron chi connectivity index (χ2n) is 6.61. The molecule has 2 rings (SSSR count). The number of nitrogens with one attached hydrogen (secondary N) is 3. The lowest BCUT2D eigenvalue weighted by Crippen LogP contribution is -2.55. The fraction of sp³-hybridized carbons (Fsp3) is 0.500. The van der Waals surface area contributed by atoms with Crippen LogP contribution in [0.5, 0.6) is 0 Å². The van der Waals surface area contributed by atoms with Gasteiger partial charge in [-0.3, -0.25) is 25.2 Å². The van der Waals surface area contributed by atoms with E-state index in [4.69, 9.17) is 0 Å². The van der Waals surface area contributed by atoms with Crippen LogP contribution in [0.3, 0.4) is 0 Å².